The van der Waals surface area contributed by atoms with Gasteiger partial charge in [-0.1, -0.05) is 6.07 Å². The van der Waals surface area contributed by atoms with Gasteiger partial charge in [0.05, 0.1) is 21.3 Å². The van der Waals surface area contributed by atoms with E-state index in [0.29, 0.717) is 17.2 Å². The summed E-state index contributed by atoms with van der Waals surface area (Å²) in [6.45, 7) is 8.30. The van der Waals surface area contributed by atoms with Crippen LogP contribution < -0.4 is 19.5 Å². The number of aliphatic imine (C=N–C) groups is 1. The summed E-state index contributed by atoms with van der Waals surface area (Å²) >= 11 is 0. The lowest BCUT2D eigenvalue weighted by atomic mass is 10.1. The normalized spacial score (nSPS) is 14.9. The molecule has 0 spiro atoms. The van der Waals surface area contributed by atoms with Crippen LogP contribution in [0.25, 0.3) is 0 Å². The highest BCUT2D eigenvalue weighted by atomic mass is 16.5. The molecule has 1 aromatic heterocycles. The molecule has 174 valence electrons. The molecule has 2 aromatic rings. The number of nitrogens with zero attached hydrogens (tertiary/aromatic N) is 4. The predicted octanol–water partition coefficient (Wildman–Crippen LogP) is 2.43. The lowest BCUT2D eigenvalue weighted by Gasteiger charge is -2.36. The maximum absolute atomic E-state index is 5.49. The molecular weight excluding hydrogens is 406 g/mol. The van der Waals surface area contributed by atoms with E-state index in [-0.39, 0.29) is 0 Å². The maximum atomic E-state index is 5.49. The van der Waals surface area contributed by atoms with Gasteiger partial charge in [0.1, 0.15) is 0 Å². The standard InChI is InChI=1S/C24H35N5O3/c1-5-25-24(27-11-9-20-8-6-7-10-26-20)29-14-12-28(13-15-29)18-19-16-21(30-2)23(32-4)22(17-19)31-3/h6-8,10,16-17H,5,9,11-15,18H2,1-4H3,(H,25,27). The Morgan fingerprint density at radius 3 is 2.31 bits per heavy atom. The molecule has 1 aliphatic heterocycles. The zero-order chi connectivity index (χ0) is 22.8. The fourth-order valence-electron chi connectivity index (χ4n) is 3.85. The Morgan fingerprint density at radius 2 is 1.75 bits per heavy atom. The number of methoxy groups -OCH3 is 3. The molecule has 0 atom stereocenters. The van der Waals surface area contributed by atoms with E-state index in [9.17, 15) is 0 Å². The Morgan fingerprint density at radius 1 is 1.03 bits per heavy atom. The Hall–Kier alpha value is -3.00. The fourth-order valence-corrected chi connectivity index (χ4v) is 3.85. The van der Waals surface area contributed by atoms with Crippen molar-refractivity contribution >= 4 is 5.96 Å². The van der Waals surface area contributed by atoms with Crippen LogP contribution in [0.2, 0.25) is 0 Å². The number of guanidine groups is 1. The molecule has 1 N–H and O–H groups in total. The summed E-state index contributed by atoms with van der Waals surface area (Å²) in [5, 5.41) is 3.44. The lowest BCUT2D eigenvalue weighted by Crippen LogP contribution is -2.52. The SMILES string of the molecule is CCNC(=NCCc1ccccn1)N1CCN(Cc2cc(OC)c(OC)c(OC)c2)CC1. The third-order valence-corrected chi connectivity index (χ3v) is 5.49. The van der Waals surface area contributed by atoms with Gasteiger partial charge in [0, 0.05) is 64.1 Å². The van der Waals surface area contributed by atoms with Crippen molar-refractivity contribution in [3.63, 3.8) is 0 Å². The van der Waals surface area contributed by atoms with Crippen LogP contribution in [0, 0.1) is 0 Å². The molecule has 1 aliphatic rings. The molecule has 2 heterocycles. The molecule has 0 bridgehead atoms. The summed E-state index contributed by atoms with van der Waals surface area (Å²) in [6.07, 6.45) is 2.67. The average molecular weight is 442 g/mol. The van der Waals surface area contributed by atoms with Crippen LogP contribution in [0.4, 0.5) is 0 Å². The Kier molecular flexibility index (Phi) is 8.98. The molecule has 1 fully saturated rings. The van der Waals surface area contributed by atoms with Gasteiger partial charge in [-0.05, 0) is 36.8 Å². The van der Waals surface area contributed by atoms with E-state index >= 15 is 0 Å². The summed E-state index contributed by atoms with van der Waals surface area (Å²) in [4.78, 5) is 14.0. The molecule has 0 unspecified atom stereocenters. The van der Waals surface area contributed by atoms with Crippen molar-refractivity contribution in [2.24, 2.45) is 4.99 Å². The minimum atomic E-state index is 0.626. The highest BCUT2D eigenvalue weighted by Crippen LogP contribution is 2.38. The van der Waals surface area contributed by atoms with Crippen molar-refractivity contribution in [2.75, 3.05) is 60.6 Å². The van der Waals surface area contributed by atoms with Gasteiger partial charge in [-0.25, -0.2) is 0 Å². The first-order valence-corrected chi connectivity index (χ1v) is 11.1. The summed E-state index contributed by atoms with van der Waals surface area (Å²) < 4.78 is 16.4. The third kappa shape index (κ3) is 6.26. The second-order valence-electron chi connectivity index (χ2n) is 7.60. The van der Waals surface area contributed by atoms with E-state index < -0.39 is 0 Å². The number of rotatable bonds is 9. The van der Waals surface area contributed by atoms with Gasteiger partial charge >= 0.3 is 0 Å². The van der Waals surface area contributed by atoms with Gasteiger partial charge in [0.25, 0.3) is 0 Å². The van der Waals surface area contributed by atoms with Crippen LogP contribution in [0.15, 0.2) is 41.5 Å². The summed E-state index contributed by atoms with van der Waals surface area (Å²) in [5.74, 6) is 2.99. The number of pyridine rings is 1. The second kappa shape index (κ2) is 12.1. The number of piperazine rings is 1. The third-order valence-electron chi connectivity index (χ3n) is 5.49. The first-order valence-electron chi connectivity index (χ1n) is 11.1. The van der Waals surface area contributed by atoms with E-state index in [2.05, 4.69) is 27.0 Å². The van der Waals surface area contributed by atoms with Gasteiger partial charge in [-0.3, -0.25) is 14.9 Å². The van der Waals surface area contributed by atoms with E-state index in [4.69, 9.17) is 19.2 Å². The molecule has 1 aromatic carbocycles. The number of hydrogen-bond acceptors (Lipinski definition) is 6. The molecule has 3 rings (SSSR count). The number of hydrogen-bond donors (Lipinski definition) is 1. The van der Waals surface area contributed by atoms with Crippen molar-refractivity contribution in [2.45, 2.75) is 19.9 Å². The van der Waals surface area contributed by atoms with Gasteiger partial charge in [0.15, 0.2) is 17.5 Å². The summed E-state index contributed by atoms with van der Waals surface area (Å²) in [7, 11) is 4.92. The highest BCUT2D eigenvalue weighted by Gasteiger charge is 2.21. The lowest BCUT2D eigenvalue weighted by molar-refractivity contribution is 0.172. The van der Waals surface area contributed by atoms with Crippen molar-refractivity contribution in [3.8, 4) is 17.2 Å². The van der Waals surface area contributed by atoms with Crippen LogP contribution >= 0.6 is 0 Å². The minimum absolute atomic E-state index is 0.626. The van der Waals surface area contributed by atoms with E-state index in [1.54, 1.807) is 21.3 Å². The highest BCUT2D eigenvalue weighted by molar-refractivity contribution is 5.80. The zero-order valence-corrected chi connectivity index (χ0v) is 19.6. The molecule has 0 aliphatic carbocycles. The molecule has 0 amide bonds. The maximum Gasteiger partial charge on any atom is 0.203 e. The van der Waals surface area contributed by atoms with Crippen molar-refractivity contribution < 1.29 is 14.2 Å². The predicted molar refractivity (Wildman–Crippen MR) is 127 cm³/mol. The second-order valence-corrected chi connectivity index (χ2v) is 7.60. The van der Waals surface area contributed by atoms with Gasteiger partial charge in [-0.2, -0.15) is 0 Å². The van der Waals surface area contributed by atoms with Crippen LogP contribution in [-0.2, 0) is 13.0 Å². The van der Waals surface area contributed by atoms with Gasteiger partial charge in [0.2, 0.25) is 5.75 Å². The molecule has 32 heavy (non-hydrogen) atoms. The molecule has 0 radical (unpaired) electrons. The number of ether oxygens (including phenoxy) is 3. The Balaban J connectivity index is 1.57. The van der Waals surface area contributed by atoms with Crippen LogP contribution in [-0.4, -0.2) is 81.3 Å². The smallest absolute Gasteiger partial charge is 0.203 e. The van der Waals surface area contributed by atoms with Crippen LogP contribution in [0.3, 0.4) is 0 Å². The van der Waals surface area contributed by atoms with Crippen LogP contribution in [0.5, 0.6) is 17.2 Å². The zero-order valence-electron chi connectivity index (χ0n) is 19.6. The number of nitrogens with one attached hydrogen (secondary N) is 1. The largest absolute Gasteiger partial charge is 0.493 e. The van der Waals surface area contributed by atoms with E-state index in [0.717, 1.165) is 69.5 Å². The molecule has 0 saturated carbocycles. The van der Waals surface area contributed by atoms with E-state index in [1.165, 1.54) is 0 Å². The number of aromatic nitrogens is 1. The quantitative estimate of drug-likeness (QED) is 0.473. The molecule has 8 heteroatoms. The van der Waals surface area contributed by atoms with Crippen LogP contribution in [0.1, 0.15) is 18.2 Å². The first kappa shape index (κ1) is 23.7. The average Bonchev–Trinajstić information content (AvgIpc) is 2.84. The monoisotopic (exact) mass is 441 g/mol. The topological polar surface area (TPSA) is 71.5 Å². The summed E-state index contributed by atoms with van der Waals surface area (Å²) in [5.41, 5.74) is 2.21. The molecular formula is C24H35N5O3. The van der Waals surface area contributed by atoms with Gasteiger partial charge in [-0.15, -0.1) is 0 Å². The summed E-state index contributed by atoms with van der Waals surface area (Å²) in [6, 6.07) is 10.1. The fraction of sp³-hybridized carbons (Fsp3) is 0.500. The minimum Gasteiger partial charge on any atom is -0.493 e. The Bertz CT molecular complexity index is 842. The van der Waals surface area contributed by atoms with Gasteiger partial charge < -0.3 is 24.4 Å². The van der Waals surface area contributed by atoms with E-state index in [1.807, 2.05) is 36.5 Å². The van der Waals surface area contributed by atoms with Crippen molar-refractivity contribution in [3.05, 3.63) is 47.8 Å². The van der Waals surface area contributed by atoms with Crippen molar-refractivity contribution in [1.29, 1.82) is 0 Å². The Labute approximate surface area is 191 Å². The molecule has 1 saturated heterocycles. The molecule has 8 nitrogen and oxygen atoms in total. The van der Waals surface area contributed by atoms with Crippen molar-refractivity contribution in [1.82, 2.24) is 20.1 Å². The number of benzene rings is 1. The first-order chi connectivity index (χ1) is 15.7.